The van der Waals surface area contributed by atoms with Crippen molar-refractivity contribution in [3.05, 3.63) is 82.6 Å². The van der Waals surface area contributed by atoms with E-state index in [4.69, 9.17) is 26.8 Å². The van der Waals surface area contributed by atoms with Gasteiger partial charge in [-0.3, -0.25) is 14.6 Å². The number of benzene rings is 2. The summed E-state index contributed by atoms with van der Waals surface area (Å²) in [5.74, 6) is 0.510. The van der Waals surface area contributed by atoms with Crippen LogP contribution in [0.25, 0.3) is 0 Å². The smallest absolute Gasteiger partial charge is 0.257 e. The van der Waals surface area contributed by atoms with Gasteiger partial charge >= 0.3 is 0 Å². The molecule has 3 rings (SSSR count). The summed E-state index contributed by atoms with van der Waals surface area (Å²) in [6.45, 7) is 1.11. The first-order valence-corrected chi connectivity index (χ1v) is 11.1. The second kappa shape index (κ2) is 12.0. The van der Waals surface area contributed by atoms with Crippen LogP contribution in [0.2, 0.25) is 5.02 Å². The van der Waals surface area contributed by atoms with Gasteiger partial charge in [-0.15, -0.1) is 0 Å². The third-order valence-corrected chi connectivity index (χ3v) is 5.51. The molecule has 0 aliphatic rings. The average Bonchev–Trinajstić information content (AvgIpc) is 2.87. The van der Waals surface area contributed by atoms with Crippen molar-refractivity contribution in [1.82, 2.24) is 9.88 Å². The molecular formula is C25H27ClN4O4. The Labute approximate surface area is 203 Å². The van der Waals surface area contributed by atoms with Crippen LogP contribution < -0.4 is 20.5 Å². The minimum atomic E-state index is -0.289. The number of hydrogen-bond donors (Lipinski definition) is 2. The molecule has 0 atom stereocenters. The van der Waals surface area contributed by atoms with Gasteiger partial charge in [0.25, 0.3) is 11.8 Å². The number of halogens is 1. The maximum absolute atomic E-state index is 13.4. The number of anilines is 1. The van der Waals surface area contributed by atoms with Gasteiger partial charge in [-0.2, -0.15) is 0 Å². The molecule has 1 heterocycles. The lowest BCUT2D eigenvalue weighted by atomic mass is 10.1. The zero-order valence-electron chi connectivity index (χ0n) is 19.1. The van der Waals surface area contributed by atoms with E-state index in [2.05, 4.69) is 10.3 Å². The maximum atomic E-state index is 13.4. The van der Waals surface area contributed by atoms with E-state index in [0.717, 1.165) is 0 Å². The fraction of sp³-hybridized carbons (Fsp3) is 0.240. The summed E-state index contributed by atoms with van der Waals surface area (Å²) in [5, 5.41) is 3.32. The van der Waals surface area contributed by atoms with Gasteiger partial charge in [-0.1, -0.05) is 11.6 Å². The van der Waals surface area contributed by atoms with Gasteiger partial charge in [0.2, 0.25) is 0 Å². The zero-order chi connectivity index (χ0) is 24.5. The van der Waals surface area contributed by atoms with Crippen LogP contribution in [-0.2, 0) is 6.54 Å². The molecule has 2 aromatic carbocycles. The summed E-state index contributed by atoms with van der Waals surface area (Å²) in [6.07, 6.45) is 3.71. The molecule has 9 heteroatoms. The summed E-state index contributed by atoms with van der Waals surface area (Å²) in [5.41, 5.74) is 7.84. The highest BCUT2D eigenvalue weighted by atomic mass is 35.5. The normalized spacial score (nSPS) is 10.5. The number of rotatable bonds is 10. The van der Waals surface area contributed by atoms with Gasteiger partial charge in [0, 0.05) is 41.8 Å². The van der Waals surface area contributed by atoms with Crippen LogP contribution in [0.3, 0.4) is 0 Å². The van der Waals surface area contributed by atoms with Crippen LogP contribution >= 0.6 is 11.6 Å². The molecule has 34 heavy (non-hydrogen) atoms. The molecule has 0 aliphatic heterocycles. The lowest BCUT2D eigenvalue weighted by Crippen LogP contribution is -2.32. The Balaban J connectivity index is 1.83. The van der Waals surface area contributed by atoms with Crippen LogP contribution in [0.15, 0.2) is 60.9 Å². The van der Waals surface area contributed by atoms with Crippen molar-refractivity contribution in [2.24, 2.45) is 5.73 Å². The maximum Gasteiger partial charge on any atom is 0.257 e. The summed E-state index contributed by atoms with van der Waals surface area (Å²) in [7, 11) is 3.05. The molecule has 0 fully saturated rings. The molecular weight excluding hydrogens is 456 g/mol. The first kappa shape index (κ1) is 25.0. The van der Waals surface area contributed by atoms with Crippen molar-refractivity contribution < 1.29 is 19.1 Å². The Morgan fingerprint density at radius 3 is 2.53 bits per heavy atom. The van der Waals surface area contributed by atoms with Gasteiger partial charge in [0.1, 0.15) is 0 Å². The Morgan fingerprint density at radius 1 is 1.06 bits per heavy atom. The number of nitrogens with zero attached hydrogens (tertiary/aromatic N) is 2. The number of pyridine rings is 1. The molecule has 178 valence electrons. The van der Waals surface area contributed by atoms with E-state index in [-0.39, 0.29) is 18.4 Å². The summed E-state index contributed by atoms with van der Waals surface area (Å²) in [4.78, 5) is 31.5. The second-order valence-corrected chi connectivity index (χ2v) is 7.85. The monoisotopic (exact) mass is 482 g/mol. The molecule has 0 saturated heterocycles. The number of nitrogens with two attached hydrogens (primary N) is 1. The molecule has 0 saturated carbocycles. The molecule has 0 radical (unpaired) electrons. The van der Waals surface area contributed by atoms with Gasteiger partial charge in [-0.25, -0.2) is 0 Å². The largest absolute Gasteiger partial charge is 0.493 e. The van der Waals surface area contributed by atoms with Crippen molar-refractivity contribution in [2.75, 3.05) is 32.6 Å². The summed E-state index contributed by atoms with van der Waals surface area (Å²) >= 11 is 6.44. The number of ether oxygens (including phenoxy) is 2. The highest BCUT2D eigenvalue weighted by Crippen LogP contribution is 2.29. The Morgan fingerprint density at radius 2 is 1.85 bits per heavy atom. The zero-order valence-corrected chi connectivity index (χ0v) is 19.8. The third-order valence-electron chi connectivity index (χ3n) is 5.14. The number of aromatic nitrogens is 1. The van der Waals surface area contributed by atoms with E-state index in [1.165, 1.54) is 20.4 Å². The number of carbonyl (C=O) groups excluding carboxylic acids is 2. The number of amides is 2. The van der Waals surface area contributed by atoms with Crippen molar-refractivity contribution in [2.45, 2.75) is 13.0 Å². The Kier molecular flexibility index (Phi) is 8.84. The fourth-order valence-corrected chi connectivity index (χ4v) is 3.54. The molecule has 3 N–H and O–H groups in total. The predicted molar refractivity (Wildman–Crippen MR) is 132 cm³/mol. The van der Waals surface area contributed by atoms with Gasteiger partial charge < -0.3 is 25.4 Å². The van der Waals surface area contributed by atoms with Crippen molar-refractivity contribution in [1.29, 1.82) is 0 Å². The molecule has 0 unspecified atom stereocenters. The molecule has 0 bridgehead atoms. The van der Waals surface area contributed by atoms with Crippen LogP contribution in [0.1, 0.15) is 32.7 Å². The van der Waals surface area contributed by atoms with Crippen LogP contribution in [0.5, 0.6) is 11.5 Å². The second-order valence-electron chi connectivity index (χ2n) is 7.44. The molecule has 1 aromatic heterocycles. The van der Waals surface area contributed by atoms with Gasteiger partial charge in [0.05, 0.1) is 19.8 Å². The molecule has 0 aliphatic carbocycles. The van der Waals surface area contributed by atoms with Crippen LogP contribution in [-0.4, -0.2) is 49.0 Å². The van der Waals surface area contributed by atoms with E-state index in [1.807, 2.05) is 0 Å². The third kappa shape index (κ3) is 6.24. The fourth-order valence-electron chi connectivity index (χ4n) is 3.37. The predicted octanol–water partition coefficient (Wildman–Crippen LogP) is 4.00. The summed E-state index contributed by atoms with van der Waals surface area (Å²) in [6, 6.07) is 13.5. The van der Waals surface area contributed by atoms with Gasteiger partial charge in [-0.05, 0) is 67.1 Å². The van der Waals surface area contributed by atoms with Crippen LogP contribution in [0, 0.1) is 0 Å². The molecule has 8 nitrogen and oxygen atoms in total. The minimum Gasteiger partial charge on any atom is -0.493 e. The topological polar surface area (TPSA) is 107 Å². The first-order chi connectivity index (χ1) is 16.5. The van der Waals surface area contributed by atoms with E-state index in [0.29, 0.717) is 58.4 Å². The van der Waals surface area contributed by atoms with E-state index < -0.39 is 0 Å². The highest BCUT2D eigenvalue weighted by molar-refractivity contribution is 6.31. The number of hydrogen-bond acceptors (Lipinski definition) is 6. The molecule has 0 spiro atoms. The SMILES string of the molecule is COc1ccc(C(=O)N(CCCN)Cc2cc(NC(=O)c3cccnc3)ccc2Cl)cc1OC. The van der Waals surface area contributed by atoms with Crippen molar-refractivity contribution in [3.8, 4) is 11.5 Å². The minimum absolute atomic E-state index is 0.199. The Bertz CT molecular complexity index is 1140. The van der Waals surface area contributed by atoms with E-state index in [9.17, 15) is 9.59 Å². The van der Waals surface area contributed by atoms with Crippen LogP contribution in [0.4, 0.5) is 5.69 Å². The first-order valence-electron chi connectivity index (χ1n) is 10.7. The van der Waals surface area contributed by atoms with Gasteiger partial charge in [0.15, 0.2) is 11.5 Å². The standard InChI is InChI=1S/C25H27ClN4O4/c1-33-22-9-6-17(14-23(22)34-2)25(32)30(12-4-10-27)16-19-13-20(7-8-21(19)26)29-24(31)18-5-3-11-28-15-18/h3,5-9,11,13-15H,4,10,12,16,27H2,1-2H3,(H,29,31). The number of carbonyl (C=O) groups is 2. The van der Waals surface area contributed by atoms with E-state index in [1.54, 1.807) is 59.6 Å². The van der Waals surface area contributed by atoms with E-state index >= 15 is 0 Å². The lowest BCUT2D eigenvalue weighted by Gasteiger charge is -2.24. The lowest BCUT2D eigenvalue weighted by molar-refractivity contribution is 0.0741. The quantitative estimate of drug-likeness (QED) is 0.452. The van der Waals surface area contributed by atoms with Crippen molar-refractivity contribution >= 4 is 29.1 Å². The number of methoxy groups -OCH3 is 2. The Hall–Kier alpha value is -3.62. The average molecular weight is 483 g/mol. The molecule has 3 aromatic rings. The molecule has 2 amide bonds. The summed E-state index contributed by atoms with van der Waals surface area (Å²) < 4.78 is 10.6. The highest BCUT2D eigenvalue weighted by Gasteiger charge is 2.19. The number of nitrogens with one attached hydrogen (secondary N) is 1. The van der Waals surface area contributed by atoms with Crippen molar-refractivity contribution in [3.63, 3.8) is 0 Å².